The monoisotopic (exact) mass is 528 g/mol. The molecule has 0 radical (unpaired) electrons. The van der Waals surface area contributed by atoms with Crippen molar-refractivity contribution in [2.24, 2.45) is 11.7 Å². The first-order valence-electron chi connectivity index (χ1n) is 12.8. The number of aliphatic carboxylic acids is 1. The number of aromatic hydroxyl groups is 1. The maximum Gasteiger partial charge on any atom is 0.326 e. The number of nitrogens with two attached hydrogens (primary N) is 1. The number of aromatic nitrogens is 2. The topological polar surface area (TPSA) is 191 Å². The van der Waals surface area contributed by atoms with Crippen molar-refractivity contribution in [3.05, 3.63) is 48.0 Å². The molecule has 206 valence electrons. The fourth-order valence-electron chi connectivity index (χ4n) is 4.52. The molecule has 3 amide bonds. The zero-order chi connectivity index (χ0) is 27.8. The standard InChI is InChI=1S/C26H36N6O6/c1-3-15(2)22(26(37)38)31-23(34)20(11-16-6-8-18(33)9-7-16)30-24(35)21-5-4-10-32(21)25(36)19(27)12-17-13-28-14-29-17/h6-9,13-15,19-22,33H,3-5,10-12,27H2,1-2H3,(H,28,29)(H,30,35)(H,31,34)(H,37,38). The first-order chi connectivity index (χ1) is 18.1. The zero-order valence-corrected chi connectivity index (χ0v) is 21.6. The summed E-state index contributed by atoms with van der Waals surface area (Å²) in [6.07, 6.45) is 4.92. The predicted molar refractivity (Wildman–Crippen MR) is 138 cm³/mol. The van der Waals surface area contributed by atoms with Crippen LogP contribution in [0.1, 0.15) is 44.4 Å². The molecule has 1 aliphatic heterocycles. The van der Waals surface area contributed by atoms with E-state index in [-0.39, 0.29) is 30.4 Å². The Labute approximate surface area is 221 Å². The summed E-state index contributed by atoms with van der Waals surface area (Å²) in [4.78, 5) is 59.8. The second-order valence-corrected chi connectivity index (χ2v) is 9.72. The number of phenols is 1. The maximum atomic E-state index is 13.4. The summed E-state index contributed by atoms with van der Waals surface area (Å²) in [6.45, 7) is 3.91. The highest BCUT2D eigenvalue weighted by molar-refractivity contribution is 5.94. The van der Waals surface area contributed by atoms with Crippen molar-refractivity contribution in [3.8, 4) is 5.75 Å². The van der Waals surface area contributed by atoms with Crippen molar-refractivity contribution in [2.45, 2.75) is 70.1 Å². The fourth-order valence-corrected chi connectivity index (χ4v) is 4.52. The first-order valence-corrected chi connectivity index (χ1v) is 12.8. The van der Waals surface area contributed by atoms with Crippen LogP contribution in [0.15, 0.2) is 36.8 Å². The van der Waals surface area contributed by atoms with Crippen LogP contribution in [0, 0.1) is 5.92 Å². The highest BCUT2D eigenvalue weighted by Crippen LogP contribution is 2.20. The van der Waals surface area contributed by atoms with E-state index in [0.717, 1.165) is 0 Å². The lowest BCUT2D eigenvalue weighted by molar-refractivity contribution is -0.144. The van der Waals surface area contributed by atoms with E-state index in [9.17, 15) is 29.4 Å². The van der Waals surface area contributed by atoms with E-state index in [1.54, 1.807) is 25.3 Å². The number of aromatic amines is 1. The third-order valence-corrected chi connectivity index (χ3v) is 6.94. The molecule has 12 heteroatoms. The molecule has 1 saturated heterocycles. The van der Waals surface area contributed by atoms with Crippen LogP contribution in [0.3, 0.4) is 0 Å². The molecule has 7 N–H and O–H groups in total. The van der Waals surface area contributed by atoms with Crippen LogP contribution in [0.5, 0.6) is 5.75 Å². The number of carboxylic acid groups (broad SMARTS) is 1. The lowest BCUT2D eigenvalue weighted by Gasteiger charge is -2.29. The van der Waals surface area contributed by atoms with E-state index in [2.05, 4.69) is 20.6 Å². The van der Waals surface area contributed by atoms with Gasteiger partial charge in [-0.15, -0.1) is 0 Å². The number of carbonyl (C=O) groups excluding carboxylic acids is 3. The second kappa shape index (κ2) is 13.0. The molecule has 2 heterocycles. The van der Waals surface area contributed by atoms with Gasteiger partial charge in [-0.2, -0.15) is 0 Å². The van der Waals surface area contributed by atoms with Crippen LogP contribution in [0.2, 0.25) is 0 Å². The van der Waals surface area contributed by atoms with Gasteiger partial charge in [-0.25, -0.2) is 9.78 Å². The van der Waals surface area contributed by atoms with Gasteiger partial charge in [0.15, 0.2) is 0 Å². The number of nitrogens with zero attached hydrogens (tertiary/aromatic N) is 2. The largest absolute Gasteiger partial charge is 0.508 e. The van der Waals surface area contributed by atoms with Gasteiger partial charge in [-0.05, 0) is 36.5 Å². The molecule has 1 aliphatic rings. The van der Waals surface area contributed by atoms with Gasteiger partial charge in [0, 0.05) is 31.3 Å². The molecular formula is C26H36N6O6. The maximum absolute atomic E-state index is 13.4. The van der Waals surface area contributed by atoms with Crippen LogP contribution in [-0.4, -0.2) is 79.5 Å². The quantitative estimate of drug-likeness (QED) is 0.227. The van der Waals surface area contributed by atoms with Crippen molar-refractivity contribution in [1.82, 2.24) is 25.5 Å². The first kappa shape index (κ1) is 28.6. The van der Waals surface area contributed by atoms with Gasteiger partial charge in [0.05, 0.1) is 12.4 Å². The number of benzene rings is 1. The van der Waals surface area contributed by atoms with E-state index in [0.29, 0.717) is 37.1 Å². The highest BCUT2D eigenvalue weighted by Gasteiger charge is 2.38. The van der Waals surface area contributed by atoms with Crippen molar-refractivity contribution < 1.29 is 29.4 Å². The van der Waals surface area contributed by atoms with Gasteiger partial charge in [0.1, 0.15) is 23.9 Å². The van der Waals surface area contributed by atoms with E-state index in [1.807, 2.05) is 6.92 Å². The predicted octanol–water partition coefficient (Wildman–Crippen LogP) is 0.319. The van der Waals surface area contributed by atoms with E-state index in [4.69, 9.17) is 5.73 Å². The number of nitrogens with one attached hydrogen (secondary N) is 3. The Hall–Kier alpha value is -3.93. The number of rotatable bonds is 12. The average molecular weight is 529 g/mol. The average Bonchev–Trinajstić information content (AvgIpc) is 3.59. The Morgan fingerprint density at radius 1 is 1.18 bits per heavy atom. The van der Waals surface area contributed by atoms with Gasteiger partial charge in [0.2, 0.25) is 17.7 Å². The van der Waals surface area contributed by atoms with Gasteiger partial charge in [-0.1, -0.05) is 32.4 Å². The SMILES string of the molecule is CCC(C)C(NC(=O)C(Cc1ccc(O)cc1)NC(=O)C1CCCN1C(=O)C(N)Cc1cnc[nH]1)C(=O)O. The van der Waals surface area contributed by atoms with Crippen LogP contribution < -0.4 is 16.4 Å². The Balaban J connectivity index is 1.75. The lowest BCUT2D eigenvalue weighted by atomic mass is 9.98. The minimum Gasteiger partial charge on any atom is -0.508 e. The van der Waals surface area contributed by atoms with Crippen LogP contribution >= 0.6 is 0 Å². The minimum atomic E-state index is -1.17. The fraction of sp³-hybridized carbons (Fsp3) is 0.500. The van der Waals surface area contributed by atoms with E-state index in [1.165, 1.54) is 23.4 Å². The van der Waals surface area contributed by atoms with Crippen molar-refractivity contribution in [3.63, 3.8) is 0 Å². The van der Waals surface area contributed by atoms with Crippen LogP contribution in [0.4, 0.5) is 0 Å². The van der Waals surface area contributed by atoms with Crippen molar-refractivity contribution in [2.75, 3.05) is 6.54 Å². The summed E-state index contributed by atoms with van der Waals surface area (Å²) in [7, 11) is 0. The van der Waals surface area contributed by atoms with Crippen LogP contribution in [0.25, 0.3) is 0 Å². The number of carboxylic acids is 1. The summed E-state index contributed by atoms with van der Waals surface area (Å²) < 4.78 is 0. The lowest BCUT2D eigenvalue weighted by Crippen LogP contribution is -2.58. The molecule has 0 spiro atoms. The Morgan fingerprint density at radius 3 is 2.50 bits per heavy atom. The Morgan fingerprint density at radius 2 is 1.89 bits per heavy atom. The number of hydrogen-bond acceptors (Lipinski definition) is 7. The molecule has 2 aromatic rings. The van der Waals surface area contributed by atoms with Gasteiger partial charge < -0.3 is 36.5 Å². The normalized spacial score (nSPS) is 18.3. The van der Waals surface area contributed by atoms with Gasteiger partial charge in [0.25, 0.3) is 0 Å². The molecule has 1 aromatic carbocycles. The summed E-state index contributed by atoms with van der Waals surface area (Å²) in [5.74, 6) is -2.99. The van der Waals surface area contributed by atoms with Crippen LogP contribution in [-0.2, 0) is 32.0 Å². The number of imidazole rings is 1. The molecule has 3 rings (SSSR count). The zero-order valence-electron chi connectivity index (χ0n) is 21.6. The Bertz CT molecular complexity index is 1110. The molecule has 1 fully saturated rings. The number of H-pyrrole nitrogens is 1. The molecule has 5 unspecified atom stereocenters. The third kappa shape index (κ3) is 7.31. The molecule has 0 aliphatic carbocycles. The number of carbonyl (C=O) groups is 4. The molecule has 5 atom stereocenters. The summed E-state index contributed by atoms with van der Waals surface area (Å²) in [6, 6.07) is 2.25. The molecule has 12 nitrogen and oxygen atoms in total. The smallest absolute Gasteiger partial charge is 0.326 e. The number of amides is 3. The van der Waals surface area contributed by atoms with E-state index < -0.39 is 42.0 Å². The molecule has 1 aromatic heterocycles. The second-order valence-electron chi connectivity index (χ2n) is 9.72. The number of hydrogen-bond donors (Lipinski definition) is 6. The van der Waals surface area contributed by atoms with Gasteiger partial charge >= 0.3 is 5.97 Å². The molecular weight excluding hydrogens is 492 g/mol. The summed E-state index contributed by atoms with van der Waals surface area (Å²) >= 11 is 0. The Kier molecular flexibility index (Phi) is 9.83. The summed E-state index contributed by atoms with van der Waals surface area (Å²) in [5.41, 5.74) is 7.48. The number of phenolic OH excluding ortho intramolecular Hbond substituents is 1. The van der Waals surface area contributed by atoms with Crippen molar-refractivity contribution in [1.29, 1.82) is 0 Å². The molecule has 0 bridgehead atoms. The van der Waals surface area contributed by atoms with Crippen molar-refractivity contribution >= 4 is 23.7 Å². The summed E-state index contributed by atoms with van der Waals surface area (Å²) in [5, 5.41) is 24.5. The molecule has 38 heavy (non-hydrogen) atoms. The number of likely N-dealkylation sites (tertiary alicyclic amines) is 1. The third-order valence-electron chi connectivity index (χ3n) is 6.94. The van der Waals surface area contributed by atoms with E-state index >= 15 is 0 Å². The highest BCUT2D eigenvalue weighted by atomic mass is 16.4. The van der Waals surface area contributed by atoms with Gasteiger partial charge in [-0.3, -0.25) is 14.4 Å². The minimum absolute atomic E-state index is 0.0491. The molecule has 0 saturated carbocycles.